The van der Waals surface area contributed by atoms with E-state index in [0.29, 0.717) is 19.3 Å². The molecule has 1 aromatic rings. The maximum Gasteiger partial charge on any atom is 0.0700 e. The third-order valence-electron chi connectivity index (χ3n) is 3.23. The van der Waals surface area contributed by atoms with Crippen LogP contribution in [0.5, 0.6) is 0 Å². The predicted octanol–water partition coefficient (Wildman–Crippen LogP) is 3.01. The summed E-state index contributed by atoms with van der Waals surface area (Å²) in [5, 5.41) is 3.54. The molecule has 0 aliphatic heterocycles. The van der Waals surface area contributed by atoms with Crippen LogP contribution >= 0.6 is 0 Å². The third kappa shape index (κ3) is 5.72. The lowest BCUT2D eigenvalue weighted by atomic mass is 9.97. The van der Waals surface area contributed by atoms with Crippen molar-refractivity contribution in [3.8, 4) is 0 Å². The summed E-state index contributed by atoms with van der Waals surface area (Å²) in [6, 6.07) is 7.02. The number of ether oxygens (including phenoxy) is 2. The minimum atomic E-state index is 0.369. The Labute approximate surface area is 117 Å². The number of methoxy groups -OCH3 is 1. The average molecular weight is 265 g/mol. The van der Waals surface area contributed by atoms with Gasteiger partial charge in [0.2, 0.25) is 0 Å². The van der Waals surface area contributed by atoms with E-state index in [1.165, 1.54) is 16.7 Å². The van der Waals surface area contributed by atoms with E-state index in [0.717, 1.165) is 19.6 Å². The first-order valence-corrected chi connectivity index (χ1v) is 7.06. The Morgan fingerprint density at radius 2 is 1.95 bits per heavy atom. The average Bonchev–Trinajstić information content (AvgIpc) is 2.38. The molecule has 0 aromatic heterocycles. The van der Waals surface area contributed by atoms with Crippen LogP contribution in [0, 0.1) is 13.8 Å². The van der Waals surface area contributed by atoms with Gasteiger partial charge in [0.05, 0.1) is 13.2 Å². The predicted molar refractivity (Wildman–Crippen MR) is 79.6 cm³/mol. The van der Waals surface area contributed by atoms with Crippen molar-refractivity contribution in [3.63, 3.8) is 0 Å². The SMILES string of the molecule is CCNC(CCOCCOC)c1ccc(C)cc1C. The normalized spacial score (nSPS) is 12.6. The fourth-order valence-electron chi connectivity index (χ4n) is 2.28. The Hall–Kier alpha value is -0.900. The monoisotopic (exact) mass is 265 g/mol. The summed E-state index contributed by atoms with van der Waals surface area (Å²) in [5.41, 5.74) is 4.04. The zero-order chi connectivity index (χ0) is 14.1. The molecule has 0 aliphatic rings. The number of aryl methyl sites for hydroxylation is 2. The highest BCUT2D eigenvalue weighted by molar-refractivity contribution is 5.32. The minimum absolute atomic E-state index is 0.369. The van der Waals surface area contributed by atoms with Crippen LogP contribution in [0.25, 0.3) is 0 Å². The van der Waals surface area contributed by atoms with Gasteiger partial charge in [-0.25, -0.2) is 0 Å². The highest BCUT2D eigenvalue weighted by Gasteiger charge is 2.12. The molecular weight excluding hydrogens is 238 g/mol. The van der Waals surface area contributed by atoms with E-state index in [1.54, 1.807) is 7.11 Å². The molecule has 1 N–H and O–H groups in total. The van der Waals surface area contributed by atoms with Crippen molar-refractivity contribution in [2.75, 3.05) is 33.5 Å². The number of hydrogen-bond donors (Lipinski definition) is 1. The van der Waals surface area contributed by atoms with E-state index in [9.17, 15) is 0 Å². The molecule has 0 aliphatic carbocycles. The first-order valence-electron chi connectivity index (χ1n) is 7.06. The molecule has 0 saturated carbocycles. The fourth-order valence-corrected chi connectivity index (χ4v) is 2.28. The van der Waals surface area contributed by atoms with Crippen molar-refractivity contribution < 1.29 is 9.47 Å². The van der Waals surface area contributed by atoms with E-state index < -0.39 is 0 Å². The van der Waals surface area contributed by atoms with Crippen molar-refractivity contribution in [2.24, 2.45) is 0 Å². The topological polar surface area (TPSA) is 30.5 Å². The van der Waals surface area contributed by atoms with Crippen LogP contribution in [0.3, 0.4) is 0 Å². The van der Waals surface area contributed by atoms with E-state index in [4.69, 9.17) is 9.47 Å². The molecule has 3 nitrogen and oxygen atoms in total. The van der Waals surface area contributed by atoms with E-state index in [1.807, 2.05) is 0 Å². The molecule has 1 unspecified atom stereocenters. The summed E-state index contributed by atoms with van der Waals surface area (Å²) >= 11 is 0. The number of nitrogens with one attached hydrogen (secondary N) is 1. The highest BCUT2D eigenvalue weighted by atomic mass is 16.5. The zero-order valence-electron chi connectivity index (χ0n) is 12.7. The number of hydrogen-bond acceptors (Lipinski definition) is 3. The van der Waals surface area contributed by atoms with Gasteiger partial charge in [-0.15, -0.1) is 0 Å². The van der Waals surface area contributed by atoms with Crippen LogP contribution in [-0.2, 0) is 9.47 Å². The van der Waals surface area contributed by atoms with Gasteiger partial charge in [-0.3, -0.25) is 0 Å². The molecule has 0 fully saturated rings. The van der Waals surface area contributed by atoms with Crippen LogP contribution in [0.15, 0.2) is 18.2 Å². The molecule has 0 heterocycles. The standard InChI is InChI=1S/C16H27NO2/c1-5-17-16(8-9-19-11-10-18-4)15-7-6-13(2)12-14(15)3/h6-7,12,16-17H,5,8-11H2,1-4H3. The Morgan fingerprint density at radius 1 is 1.16 bits per heavy atom. The highest BCUT2D eigenvalue weighted by Crippen LogP contribution is 2.21. The molecule has 0 saturated heterocycles. The van der Waals surface area contributed by atoms with Crippen molar-refractivity contribution in [1.29, 1.82) is 0 Å². The van der Waals surface area contributed by atoms with Gasteiger partial charge in [-0.1, -0.05) is 30.7 Å². The van der Waals surface area contributed by atoms with Crippen molar-refractivity contribution in [2.45, 2.75) is 33.2 Å². The smallest absolute Gasteiger partial charge is 0.0700 e. The van der Waals surface area contributed by atoms with Gasteiger partial charge in [0.25, 0.3) is 0 Å². The first kappa shape index (κ1) is 16.2. The molecule has 0 radical (unpaired) electrons. The second-order valence-electron chi connectivity index (χ2n) is 4.86. The molecule has 3 heteroatoms. The van der Waals surface area contributed by atoms with E-state index in [-0.39, 0.29) is 0 Å². The second-order valence-corrected chi connectivity index (χ2v) is 4.86. The molecule has 0 spiro atoms. The second kappa shape index (κ2) is 9.08. The molecule has 0 bridgehead atoms. The van der Waals surface area contributed by atoms with Gasteiger partial charge >= 0.3 is 0 Å². The van der Waals surface area contributed by atoms with E-state index in [2.05, 4.69) is 44.3 Å². The quantitative estimate of drug-likeness (QED) is 0.696. The van der Waals surface area contributed by atoms with Crippen molar-refractivity contribution >= 4 is 0 Å². The Morgan fingerprint density at radius 3 is 2.58 bits per heavy atom. The van der Waals surface area contributed by atoms with Crippen molar-refractivity contribution in [1.82, 2.24) is 5.32 Å². The van der Waals surface area contributed by atoms with Gasteiger partial charge in [-0.05, 0) is 37.9 Å². The van der Waals surface area contributed by atoms with Crippen LogP contribution in [0.2, 0.25) is 0 Å². The maximum absolute atomic E-state index is 5.57. The summed E-state index contributed by atoms with van der Waals surface area (Å²) < 4.78 is 10.5. The fraction of sp³-hybridized carbons (Fsp3) is 0.625. The largest absolute Gasteiger partial charge is 0.382 e. The Kier molecular flexibility index (Phi) is 7.72. The van der Waals surface area contributed by atoms with Gasteiger partial charge in [0.1, 0.15) is 0 Å². The summed E-state index contributed by atoms with van der Waals surface area (Å²) in [6.07, 6.45) is 0.988. The van der Waals surface area contributed by atoms with Crippen LogP contribution in [0.4, 0.5) is 0 Å². The maximum atomic E-state index is 5.57. The Bertz CT molecular complexity index is 366. The molecule has 108 valence electrons. The van der Waals surface area contributed by atoms with E-state index >= 15 is 0 Å². The lowest BCUT2D eigenvalue weighted by Crippen LogP contribution is -2.23. The molecular formula is C16H27NO2. The number of benzene rings is 1. The lowest BCUT2D eigenvalue weighted by Gasteiger charge is -2.20. The molecule has 0 amide bonds. The summed E-state index contributed by atoms with van der Waals surface area (Å²) in [7, 11) is 1.69. The lowest BCUT2D eigenvalue weighted by molar-refractivity contribution is 0.0658. The molecule has 1 rings (SSSR count). The first-order chi connectivity index (χ1) is 9.19. The Balaban J connectivity index is 2.55. The summed E-state index contributed by atoms with van der Waals surface area (Å²) in [4.78, 5) is 0. The van der Waals surface area contributed by atoms with Crippen LogP contribution in [-0.4, -0.2) is 33.5 Å². The third-order valence-corrected chi connectivity index (χ3v) is 3.23. The zero-order valence-corrected chi connectivity index (χ0v) is 12.7. The molecule has 1 atom stereocenters. The van der Waals surface area contributed by atoms with Gasteiger partial charge in [0.15, 0.2) is 0 Å². The molecule has 19 heavy (non-hydrogen) atoms. The van der Waals surface area contributed by atoms with Crippen molar-refractivity contribution in [3.05, 3.63) is 34.9 Å². The minimum Gasteiger partial charge on any atom is -0.382 e. The number of rotatable bonds is 9. The molecule has 1 aromatic carbocycles. The van der Waals surface area contributed by atoms with Crippen LogP contribution < -0.4 is 5.32 Å². The van der Waals surface area contributed by atoms with Gasteiger partial charge in [0, 0.05) is 19.8 Å². The van der Waals surface area contributed by atoms with Gasteiger partial charge in [-0.2, -0.15) is 0 Å². The van der Waals surface area contributed by atoms with Crippen LogP contribution in [0.1, 0.15) is 36.1 Å². The van der Waals surface area contributed by atoms with Gasteiger partial charge < -0.3 is 14.8 Å². The summed E-state index contributed by atoms with van der Waals surface area (Å²) in [5.74, 6) is 0. The summed E-state index contributed by atoms with van der Waals surface area (Å²) in [6.45, 7) is 9.51.